The fourth-order valence-electron chi connectivity index (χ4n) is 5.48. The highest BCUT2D eigenvalue weighted by molar-refractivity contribution is 5.56. The summed E-state index contributed by atoms with van der Waals surface area (Å²) >= 11 is 0. The SMILES string of the molecule is Cc1cc(Cc2c(C)c(Cc3cc(C)c(O)c(Cc4cc(C)c(O)c(C)c4)c3C)cc(C)c2O)ccc1O. The highest BCUT2D eigenvalue weighted by Crippen LogP contribution is 2.36. The van der Waals surface area contributed by atoms with Gasteiger partial charge in [-0.1, -0.05) is 36.4 Å². The number of phenols is 4. The van der Waals surface area contributed by atoms with Gasteiger partial charge in [0.05, 0.1) is 0 Å². The van der Waals surface area contributed by atoms with Gasteiger partial charge in [-0.15, -0.1) is 0 Å². The van der Waals surface area contributed by atoms with Crippen LogP contribution in [0.2, 0.25) is 0 Å². The number of aryl methyl sites for hydroxylation is 5. The van der Waals surface area contributed by atoms with Crippen LogP contribution in [0.15, 0.2) is 42.5 Å². The molecule has 4 aromatic rings. The van der Waals surface area contributed by atoms with E-state index < -0.39 is 0 Å². The van der Waals surface area contributed by atoms with E-state index in [1.165, 1.54) is 0 Å². The quantitative estimate of drug-likeness (QED) is 0.217. The molecule has 0 fully saturated rings. The molecule has 198 valence electrons. The Kier molecular flexibility index (Phi) is 7.46. The zero-order valence-electron chi connectivity index (χ0n) is 23.5. The third-order valence-corrected chi connectivity index (χ3v) is 7.92. The summed E-state index contributed by atoms with van der Waals surface area (Å²) in [6, 6.07) is 13.6. The molecule has 0 atom stereocenters. The van der Waals surface area contributed by atoms with Gasteiger partial charge in [-0.05, 0) is 122 Å². The van der Waals surface area contributed by atoms with Gasteiger partial charge in [0.15, 0.2) is 0 Å². The first-order chi connectivity index (χ1) is 17.9. The molecule has 0 amide bonds. The molecule has 0 spiro atoms. The third-order valence-electron chi connectivity index (χ3n) is 7.92. The number of hydrogen-bond acceptors (Lipinski definition) is 4. The fraction of sp³-hybridized carbons (Fsp3) is 0.294. The minimum absolute atomic E-state index is 0.270. The summed E-state index contributed by atoms with van der Waals surface area (Å²) < 4.78 is 0. The topological polar surface area (TPSA) is 80.9 Å². The fourth-order valence-corrected chi connectivity index (χ4v) is 5.48. The molecule has 4 rings (SSSR count). The van der Waals surface area contributed by atoms with E-state index in [0.29, 0.717) is 36.5 Å². The second kappa shape index (κ2) is 10.4. The number of hydrogen-bond donors (Lipinski definition) is 4. The number of benzene rings is 4. The van der Waals surface area contributed by atoms with Gasteiger partial charge < -0.3 is 20.4 Å². The molecule has 4 nitrogen and oxygen atoms in total. The van der Waals surface area contributed by atoms with Gasteiger partial charge >= 0.3 is 0 Å². The summed E-state index contributed by atoms with van der Waals surface area (Å²) in [5.74, 6) is 1.22. The van der Waals surface area contributed by atoms with Gasteiger partial charge in [-0.3, -0.25) is 0 Å². The highest BCUT2D eigenvalue weighted by atomic mass is 16.3. The van der Waals surface area contributed by atoms with Crippen molar-refractivity contribution in [3.05, 3.63) is 115 Å². The van der Waals surface area contributed by atoms with Crippen molar-refractivity contribution in [2.24, 2.45) is 0 Å². The van der Waals surface area contributed by atoms with Crippen molar-refractivity contribution in [2.45, 2.75) is 67.7 Å². The molecular weight excluding hydrogens is 472 g/mol. The number of phenolic OH excluding ortho intramolecular Hbond substituents is 4. The normalized spacial score (nSPS) is 11.2. The van der Waals surface area contributed by atoms with Crippen molar-refractivity contribution < 1.29 is 20.4 Å². The van der Waals surface area contributed by atoms with Crippen LogP contribution in [0, 0.1) is 48.5 Å². The molecule has 0 aromatic heterocycles. The minimum Gasteiger partial charge on any atom is -0.508 e. The van der Waals surface area contributed by atoms with Crippen LogP contribution >= 0.6 is 0 Å². The van der Waals surface area contributed by atoms with Gasteiger partial charge in [-0.25, -0.2) is 0 Å². The Bertz CT molecular complexity index is 1520. The van der Waals surface area contributed by atoms with Gasteiger partial charge in [0, 0.05) is 24.0 Å². The summed E-state index contributed by atoms with van der Waals surface area (Å²) in [7, 11) is 0. The Balaban J connectivity index is 1.74. The van der Waals surface area contributed by atoms with Crippen molar-refractivity contribution in [2.75, 3.05) is 0 Å². The van der Waals surface area contributed by atoms with Crippen LogP contribution in [0.25, 0.3) is 0 Å². The van der Waals surface area contributed by atoms with Crippen molar-refractivity contribution in [1.82, 2.24) is 0 Å². The summed E-state index contributed by atoms with van der Waals surface area (Å²) in [6.45, 7) is 13.7. The second-order valence-corrected chi connectivity index (χ2v) is 10.8. The number of rotatable bonds is 6. The average molecular weight is 511 g/mol. The smallest absolute Gasteiger partial charge is 0.122 e. The maximum atomic E-state index is 11.0. The minimum atomic E-state index is 0.270. The van der Waals surface area contributed by atoms with E-state index in [9.17, 15) is 20.4 Å². The van der Waals surface area contributed by atoms with E-state index in [1.54, 1.807) is 6.07 Å². The van der Waals surface area contributed by atoms with Crippen LogP contribution in [0.3, 0.4) is 0 Å². The Morgan fingerprint density at radius 3 is 1.34 bits per heavy atom. The molecule has 0 aliphatic carbocycles. The van der Waals surface area contributed by atoms with Crippen molar-refractivity contribution in [3.63, 3.8) is 0 Å². The van der Waals surface area contributed by atoms with E-state index in [2.05, 4.69) is 26.0 Å². The van der Waals surface area contributed by atoms with E-state index >= 15 is 0 Å². The Hall–Kier alpha value is -3.92. The summed E-state index contributed by atoms with van der Waals surface area (Å²) in [5, 5.41) is 42.1. The van der Waals surface area contributed by atoms with Gasteiger partial charge in [0.1, 0.15) is 23.0 Å². The lowest BCUT2D eigenvalue weighted by Gasteiger charge is -2.20. The van der Waals surface area contributed by atoms with Crippen LogP contribution in [0.4, 0.5) is 0 Å². The monoisotopic (exact) mass is 510 g/mol. The lowest BCUT2D eigenvalue weighted by molar-refractivity contribution is 0.463. The molecule has 0 saturated carbocycles. The molecule has 0 heterocycles. The first-order valence-corrected chi connectivity index (χ1v) is 13.1. The maximum Gasteiger partial charge on any atom is 0.122 e. The van der Waals surface area contributed by atoms with E-state index in [1.807, 2.05) is 58.9 Å². The first-order valence-electron chi connectivity index (χ1n) is 13.1. The van der Waals surface area contributed by atoms with E-state index in [4.69, 9.17) is 0 Å². The van der Waals surface area contributed by atoms with Crippen LogP contribution in [-0.4, -0.2) is 20.4 Å². The van der Waals surface area contributed by atoms with Crippen molar-refractivity contribution in [3.8, 4) is 23.0 Å². The molecule has 0 bridgehead atoms. The molecule has 38 heavy (non-hydrogen) atoms. The molecule has 4 N–H and O–H groups in total. The average Bonchev–Trinajstić information content (AvgIpc) is 2.86. The molecule has 4 heteroatoms. The molecule has 0 radical (unpaired) electrons. The zero-order valence-corrected chi connectivity index (χ0v) is 23.5. The number of aromatic hydroxyl groups is 4. The van der Waals surface area contributed by atoms with Crippen LogP contribution < -0.4 is 0 Å². The molecule has 0 aliphatic heterocycles. The van der Waals surface area contributed by atoms with Crippen molar-refractivity contribution >= 4 is 0 Å². The molecule has 0 saturated heterocycles. The largest absolute Gasteiger partial charge is 0.508 e. The first kappa shape index (κ1) is 27.1. The Morgan fingerprint density at radius 1 is 0.447 bits per heavy atom. The molecule has 4 aromatic carbocycles. The maximum absolute atomic E-state index is 11.0. The van der Waals surface area contributed by atoms with Crippen molar-refractivity contribution in [1.29, 1.82) is 0 Å². The summed E-state index contributed by atoms with van der Waals surface area (Å²) in [6.07, 6.45) is 1.83. The second-order valence-electron chi connectivity index (χ2n) is 10.8. The van der Waals surface area contributed by atoms with Gasteiger partial charge in [0.25, 0.3) is 0 Å². The summed E-state index contributed by atoms with van der Waals surface area (Å²) in [5.41, 5.74) is 12.4. The molecular formula is C34H38O4. The molecule has 0 aliphatic rings. The highest BCUT2D eigenvalue weighted by Gasteiger charge is 2.18. The standard InChI is InChI=1S/C34H38O4/c1-18-10-25(8-9-31(18)35)15-29-23(6)27(13-21(4)33(29)37)17-28-14-22(5)34(38)30(24(28)7)16-26-11-19(2)32(36)20(3)12-26/h8-14,35-38H,15-17H2,1-7H3. The van der Waals surface area contributed by atoms with Crippen LogP contribution in [0.1, 0.15) is 72.3 Å². The lowest BCUT2D eigenvalue weighted by Crippen LogP contribution is -2.05. The Labute approximate surface area is 225 Å². The zero-order chi connectivity index (χ0) is 27.9. The van der Waals surface area contributed by atoms with Crippen LogP contribution in [0.5, 0.6) is 23.0 Å². The predicted octanol–water partition coefficient (Wildman–Crippen LogP) is 7.44. The van der Waals surface area contributed by atoms with E-state index in [-0.39, 0.29) is 5.75 Å². The lowest BCUT2D eigenvalue weighted by atomic mass is 9.86. The third kappa shape index (κ3) is 5.22. The van der Waals surface area contributed by atoms with Gasteiger partial charge in [0.2, 0.25) is 0 Å². The predicted molar refractivity (Wildman–Crippen MR) is 154 cm³/mol. The summed E-state index contributed by atoms with van der Waals surface area (Å²) in [4.78, 5) is 0. The van der Waals surface area contributed by atoms with E-state index in [0.717, 1.165) is 72.3 Å². The van der Waals surface area contributed by atoms with Crippen LogP contribution in [-0.2, 0) is 19.3 Å². The van der Waals surface area contributed by atoms with Gasteiger partial charge in [-0.2, -0.15) is 0 Å². The Morgan fingerprint density at radius 2 is 0.868 bits per heavy atom. The molecule has 0 unspecified atom stereocenters.